The number of fused-ring (bicyclic) bond motifs is 1. The number of aliphatic hydroxyl groups excluding tert-OH is 1. The van der Waals surface area contributed by atoms with E-state index in [1.165, 1.54) is 4.57 Å². The number of carbonyl (C=O) groups is 1. The quantitative estimate of drug-likeness (QED) is 0.762. The molecule has 0 aliphatic heterocycles. The molecule has 3 rings (SSSR count). The van der Waals surface area contributed by atoms with E-state index in [1.807, 2.05) is 30.3 Å². The molecule has 1 aromatic heterocycles. The zero-order valence-corrected chi connectivity index (χ0v) is 12.3. The number of nitrogens with one attached hydrogen (secondary N) is 1. The molecule has 0 saturated carbocycles. The van der Waals surface area contributed by atoms with Gasteiger partial charge in [0.15, 0.2) is 0 Å². The molecule has 2 N–H and O–H groups in total. The molecule has 0 aliphatic carbocycles. The SMILES string of the molecule is O=C(CO)Nc1nc2ccccc2c(=O)n1Cc1ccccc1. The van der Waals surface area contributed by atoms with Crippen molar-refractivity contribution in [1.82, 2.24) is 9.55 Å². The molecule has 0 unspecified atom stereocenters. The van der Waals surface area contributed by atoms with Crippen LogP contribution >= 0.6 is 0 Å². The van der Waals surface area contributed by atoms with Crippen molar-refractivity contribution in [2.24, 2.45) is 0 Å². The van der Waals surface area contributed by atoms with Gasteiger partial charge < -0.3 is 5.11 Å². The lowest BCUT2D eigenvalue weighted by Gasteiger charge is -2.13. The number of hydrogen-bond acceptors (Lipinski definition) is 4. The average Bonchev–Trinajstić information content (AvgIpc) is 2.59. The summed E-state index contributed by atoms with van der Waals surface area (Å²) in [6.07, 6.45) is 0. The summed E-state index contributed by atoms with van der Waals surface area (Å²) < 4.78 is 1.39. The van der Waals surface area contributed by atoms with E-state index in [0.29, 0.717) is 10.9 Å². The topological polar surface area (TPSA) is 84.2 Å². The number of nitrogens with zero attached hydrogens (tertiary/aromatic N) is 2. The second-order valence-electron chi connectivity index (χ2n) is 5.04. The Morgan fingerprint density at radius 2 is 1.78 bits per heavy atom. The van der Waals surface area contributed by atoms with Crippen LogP contribution in [0.4, 0.5) is 5.95 Å². The van der Waals surface area contributed by atoms with Gasteiger partial charge in [0.1, 0.15) is 6.61 Å². The largest absolute Gasteiger partial charge is 0.387 e. The number of amides is 1. The number of aromatic nitrogens is 2. The summed E-state index contributed by atoms with van der Waals surface area (Å²) in [5.74, 6) is -0.495. The number of benzene rings is 2. The Kier molecular flexibility index (Phi) is 4.16. The molecule has 0 bridgehead atoms. The van der Waals surface area contributed by atoms with Crippen molar-refractivity contribution >= 4 is 22.8 Å². The molecule has 0 spiro atoms. The summed E-state index contributed by atoms with van der Waals surface area (Å²) in [6.45, 7) is -0.396. The zero-order chi connectivity index (χ0) is 16.2. The van der Waals surface area contributed by atoms with Crippen LogP contribution in [0.25, 0.3) is 10.9 Å². The first-order valence-corrected chi connectivity index (χ1v) is 7.13. The first-order chi connectivity index (χ1) is 11.2. The van der Waals surface area contributed by atoms with Gasteiger partial charge >= 0.3 is 0 Å². The highest BCUT2D eigenvalue weighted by molar-refractivity contribution is 5.91. The highest BCUT2D eigenvalue weighted by atomic mass is 16.3. The third-order valence-corrected chi connectivity index (χ3v) is 3.44. The van der Waals surface area contributed by atoms with E-state index in [2.05, 4.69) is 10.3 Å². The van der Waals surface area contributed by atoms with Crippen LogP contribution < -0.4 is 10.9 Å². The van der Waals surface area contributed by atoms with Crippen LogP contribution in [0.15, 0.2) is 59.4 Å². The molecule has 0 fully saturated rings. The van der Waals surface area contributed by atoms with Crippen molar-refractivity contribution in [3.63, 3.8) is 0 Å². The summed E-state index contributed by atoms with van der Waals surface area (Å²) in [5.41, 5.74) is 1.16. The molecular weight excluding hydrogens is 294 g/mol. The van der Waals surface area contributed by atoms with Crippen LogP contribution in [-0.4, -0.2) is 27.2 Å². The van der Waals surface area contributed by atoms with Crippen molar-refractivity contribution < 1.29 is 9.90 Å². The first kappa shape index (κ1) is 14.9. The number of anilines is 1. The van der Waals surface area contributed by atoms with Crippen molar-refractivity contribution in [3.05, 3.63) is 70.5 Å². The monoisotopic (exact) mass is 309 g/mol. The van der Waals surface area contributed by atoms with Crippen LogP contribution in [0.1, 0.15) is 5.56 Å². The van der Waals surface area contributed by atoms with E-state index in [1.54, 1.807) is 24.3 Å². The summed E-state index contributed by atoms with van der Waals surface area (Å²) in [6, 6.07) is 16.4. The highest BCUT2D eigenvalue weighted by Gasteiger charge is 2.13. The maximum absolute atomic E-state index is 12.7. The second kappa shape index (κ2) is 6.41. The minimum Gasteiger partial charge on any atom is -0.387 e. The number of rotatable bonds is 4. The molecular formula is C17H15N3O3. The molecule has 0 radical (unpaired) electrons. The van der Waals surface area contributed by atoms with E-state index in [4.69, 9.17) is 5.11 Å². The van der Waals surface area contributed by atoms with Crippen LogP contribution in [0.3, 0.4) is 0 Å². The number of carbonyl (C=O) groups excluding carboxylic acids is 1. The van der Waals surface area contributed by atoms with E-state index in [0.717, 1.165) is 5.56 Å². The van der Waals surface area contributed by atoms with Crippen LogP contribution in [0, 0.1) is 0 Å². The Labute approximate surface area is 132 Å². The lowest BCUT2D eigenvalue weighted by atomic mass is 10.2. The standard InChI is InChI=1S/C17H15N3O3/c21-11-15(22)19-17-18-14-9-5-4-8-13(14)16(23)20(17)10-12-6-2-1-3-7-12/h1-9,21H,10-11H2,(H,18,19,22). The van der Waals surface area contributed by atoms with Gasteiger partial charge in [0.05, 0.1) is 17.4 Å². The summed E-state index contributed by atoms with van der Waals surface area (Å²) in [4.78, 5) is 28.6. The molecule has 0 aliphatic rings. The van der Waals surface area contributed by atoms with Gasteiger partial charge in [-0.1, -0.05) is 42.5 Å². The fourth-order valence-corrected chi connectivity index (χ4v) is 2.34. The Bertz CT molecular complexity index is 904. The first-order valence-electron chi connectivity index (χ1n) is 7.13. The molecule has 3 aromatic rings. The maximum atomic E-state index is 12.7. The van der Waals surface area contributed by atoms with Crippen LogP contribution in [0.2, 0.25) is 0 Å². The van der Waals surface area contributed by atoms with Gasteiger partial charge in [-0.05, 0) is 17.7 Å². The highest BCUT2D eigenvalue weighted by Crippen LogP contribution is 2.13. The minimum atomic E-state index is -0.673. The van der Waals surface area contributed by atoms with Crippen LogP contribution in [-0.2, 0) is 11.3 Å². The van der Waals surface area contributed by atoms with E-state index < -0.39 is 12.5 Å². The second-order valence-corrected chi connectivity index (χ2v) is 5.04. The number of para-hydroxylation sites is 1. The van der Waals surface area contributed by atoms with Crippen molar-refractivity contribution in [2.75, 3.05) is 11.9 Å². The van der Waals surface area contributed by atoms with E-state index in [9.17, 15) is 9.59 Å². The number of aliphatic hydroxyl groups is 1. The van der Waals surface area contributed by atoms with E-state index >= 15 is 0 Å². The Hall–Kier alpha value is -2.99. The van der Waals surface area contributed by atoms with Gasteiger partial charge in [-0.15, -0.1) is 0 Å². The van der Waals surface area contributed by atoms with Gasteiger partial charge in [0.2, 0.25) is 5.95 Å². The third kappa shape index (κ3) is 3.12. The summed E-state index contributed by atoms with van der Waals surface area (Å²) >= 11 is 0. The number of hydrogen-bond donors (Lipinski definition) is 2. The third-order valence-electron chi connectivity index (χ3n) is 3.44. The maximum Gasteiger partial charge on any atom is 0.263 e. The zero-order valence-electron chi connectivity index (χ0n) is 12.3. The lowest BCUT2D eigenvalue weighted by Crippen LogP contribution is -2.28. The van der Waals surface area contributed by atoms with Gasteiger partial charge in [0, 0.05) is 0 Å². The molecule has 6 heteroatoms. The molecule has 116 valence electrons. The lowest BCUT2D eigenvalue weighted by molar-refractivity contribution is -0.118. The predicted octanol–water partition coefficient (Wildman–Crippen LogP) is 1.38. The molecule has 1 heterocycles. The van der Waals surface area contributed by atoms with Gasteiger partial charge in [-0.25, -0.2) is 4.98 Å². The van der Waals surface area contributed by atoms with Gasteiger partial charge in [-0.2, -0.15) is 0 Å². The molecule has 6 nitrogen and oxygen atoms in total. The van der Waals surface area contributed by atoms with Crippen molar-refractivity contribution in [2.45, 2.75) is 6.54 Å². The molecule has 1 amide bonds. The molecule has 23 heavy (non-hydrogen) atoms. The van der Waals surface area contributed by atoms with Crippen LogP contribution in [0.5, 0.6) is 0 Å². The molecule has 2 aromatic carbocycles. The smallest absolute Gasteiger partial charge is 0.263 e. The minimum absolute atomic E-state index is 0.122. The molecule has 0 atom stereocenters. The Morgan fingerprint density at radius 3 is 2.52 bits per heavy atom. The fourth-order valence-electron chi connectivity index (χ4n) is 2.34. The fraction of sp³-hybridized carbons (Fsp3) is 0.118. The van der Waals surface area contributed by atoms with Crippen molar-refractivity contribution in [3.8, 4) is 0 Å². The predicted molar refractivity (Wildman–Crippen MR) is 87.3 cm³/mol. The van der Waals surface area contributed by atoms with Gasteiger partial charge in [-0.3, -0.25) is 19.5 Å². The average molecular weight is 309 g/mol. The summed E-state index contributed by atoms with van der Waals surface area (Å²) in [5, 5.41) is 11.9. The Morgan fingerprint density at radius 1 is 1.09 bits per heavy atom. The normalized spacial score (nSPS) is 10.7. The van der Waals surface area contributed by atoms with E-state index in [-0.39, 0.29) is 18.1 Å². The Balaban J connectivity index is 2.15. The summed E-state index contributed by atoms with van der Waals surface area (Å²) in [7, 11) is 0. The van der Waals surface area contributed by atoms with Gasteiger partial charge in [0.25, 0.3) is 11.5 Å². The molecule has 0 saturated heterocycles. The van der Waals surface area contributed by atoms with Crippen molar-refractivity contribution in [1.29, 1.82) is 0 Å².